The SMILES string of the molecule is C=CC(O)C(CO)NCc1ccccc1. The lowest BCUT2D eigenvalue weighted by molar-refractivity contribution is 0.122. The van der Waals surface area contributed by atoms with E-state index in [2.05, 4.69) is 11.9 Å². The van der Waals surface area contributed by atoms with Gasteiger partial charge in [-0.3, -0.25) is 0 Å². The van der Waals surface area contributed by atoms with Gasteiger partial charge in [0.15, 0.2) is 0 Å². The predicted molar refractivity (Wildman–Crippen MR) is 60.4 cm³/mol. The molecule has 0 aliphatic rings. The zero-order valence-electron chi connectivity index (χ0n) is 8.63. The van der Waals surface area contributed by atoms with Crippen molar-refractivity contribution in [2.24, 2.45) is 0 Å². The Kier molecular flexibility index (Phi) is 5.04. The normalized spacial score (nSPS) is 14.5. The van der Waals surface area contributed by atoms with Crippen molar-refractivity contribution in [1.29, 1.82) is 0 Å². The molecule has 0 aromatic heterocycles. The highest BCUT2D eigenvalue weighted by Crippen LogP contribution is 2.00. The Hall–Kier alpha value is -1.16. The van der Waals surface area contributed by atoms with Crippen LogP contribution in [0.25, 0.3) is 0 Å². The van der Waals surface area contributed by atoms with Gasteiger partial charge in [0, 0.05) is 6.54 Å². The van der Waals surface area contributed by atoms with Crippen LogP contribution in [0.5, 0.6) is 0 Å². The van der Waals surface area contributed by atoms with Gasteiger partial charge in [-0.1, -0.05) is 36.4 Å². The smallest absolute Gasteiger partial charge is 0.0893 e. The van der Waals surface area contributed by atoms with Crippen LogP contribution in [0.15, 0.2) is 43.0 Å². The van der Waals surface area contributed by atoms with Gasteiger partial charge >= 0.3 is 0 Å². The van der Waals surface area contributed by atoms with Crippen LogP contribution in [0.1, 0.15) is 5.56 Å². The molecule has 0 saturated heterocycles. The van der Waals surface area contributed by atoms with E-state index in [1.54, 1.807) is 0 Å². The predicted octanol–water partition coefficient (Wildman–Crippen LogP) is 0.684. The quantitative estimate of drug-likeness (QED) is 0.601. The highest BCUT2D eigenvalue weighted by molar-refractivity contribution is 5.14. The molecular weight excluding hydrogens is 190 g/mol. The molecule has 0 fully saturated rings. The highest BCUT2D eigenvalue weighted by Gasteiger charge is 2.13. The Bertz CT molecular complexity index is 287. The van der Waals surface area contributed by atoms with Gasteiger partial charge in [0.2, 0.25) is 0 Å². The van der Waals surface area contributed by atoms with Crippen LogP contribution in [-0.4, -0.2) is 29.0 Å². The van der Waals surface area contributed by atoms with E-state index in [1.807, 2.05) is 30.3 Å². The molecule has 0 aliphatic heterocycles. The maximum Gasteiger partial charge on any atom is 0.0893 e. The maximum absolute atomic E-state index is 9.46. The fraction of sp³-hybridized carbons (Fsp3) is 0.333. The lowest BCUT2D eigenvalue weighted by Gasteiger charge is -2.19. The zero-order valence-corrected chi connectivity index (χ0v) is 8.63. The molecule has 3 N–H and O–H groups in total. The number of hydrogen-bond acceptors (Lipinski definition) is 3. The van der Waals surface area contributed by atoms with Crippen LogP contribution >= 0.6 is 0 Å². The summed E-state index contributed by atoms with van der Waals surface area (Å²) in [5.41, 5.74) is 1.12. The Labute approximate surface area is 90.1 Å². The topological polar surface area (TPSA) is 52.5 Å². The van der Waals surface area contributed by atoms with Gasteiger partial charge in [-0.2, -0.15) is 0 Å². The molecule has 3 heteroatoms. The number of rotatable bonds is 6. The molecule has 3 nitrogen and oxygen atoms in total. The van der Waals surface area contributed by atoms with E-state index in [0.29, 0.717) is 6.54 Å². The van der Waals surface area contributed by atoms with Gasteiger partial charge in [0.1, 0.15) is 0 Å². The first-order chi connectivity index (χ1) is 7.27. The first-order valence-corrected chi connectivity index (χ1v) is 4.96. The van der Waals surface area contributed by atoms with Gasteiger partial charge in [0.25, 0.3) is 0 Å². The maximum atomic E-state index is 9.46. The Morgan fingerprint density at radius 2 is 2.00 bits per heavy atom. The van der Waals surface area contributed by atoms with Crippen molar-refractivity contribution in [3.8, 4) is 0 Å². The molecule has 2 atom stereocenters. The minimum Gasteiger partial charge on any atom is -0.395 e. The first kappa shape index (κ1) is 11.9. The second kappa shape index (κ2) is 6.35. The fourth-order valence-electron chi connectivity index (χ4n) is 1.30. The number of hydrogen-bond donors (Lipinski definition) is 3. The van der Waals surface area contributed by atoms with E-state index in [0.717, 1.165) is 5.56 Å². The molecular formula is C12H17NO2. The third-order valence-corrected chi connectivity index (χ3v) is 2.26. The summed E-state index contributed by atoms with van der Waals surface area (Å²) < 4.78 is 0. The third-order valence-electron chi connectivity index (χ3n) is 2.26. The average molecular weight is 207 g/mol. The van der Waals surface area contributed by atoms with Gasteiger partial charge in [0.05, 0.1) is 18.8 Å². The summed E-state index contributed by atoms with van der Waals surface area (Å²) in [6.07, 6.45) is 0.692. The van der Waals surface area contributed by atoms with Crippen molar-refractivity contribution in [2.45, 2.75) is 18.7 Å². The second-order valence-corrected chi connectivity index (χ2v) is 3.38. The summed E-state index contributed by atoms with van der Waals surface area (Å²) in [6, 6.07) is 9.47. The van der Waals surface area contributed by atoms with E-state index in [9.17, 15) is 5.11 Å². The molecule has 0 spiro atoms. The number of aliphatic hydroxyl groups excluding tert-OH is 2. The summed E-state index contributed by atoms with van der Waals surface area (Å²) in [4.78, 5) is 0. The Morgan fingerprint density at radius 1 is 1.33 bits per heavy atom. The summed E-state index contributed by atoms with van der Waals surface area (Å²) >= 11 is 0. The third kappa shape index (κ3) is 3.83. The molecule has 15 heavy (non-hydrogen) atoms. The molecule has 0 radical (unpaired) electrons. The summed E-state index contributed by atoms with van der Waals surface area (Å²) in [7, 11) is 0. The molecule has 1 aromatic carbocycles. The molecule has 82 valence electrons. The molecule has 2 unspecified atom stereocenters. The van der Waals surface area contributed by atoms with Gasteiger partial charge < -0.3 is 15.5 Å². The van der Waals surface area contributed by atoms with E-state index >= 15 is 0 Å². The molecule has 0 bridgehead atoms. The number of nitrogens with one attached hydrogen (secondary N) is 1. The van der Waals surface area contributed by atoms with Gasteiger partial charge in [-0.15, -0.1) is 6.58 Å². The standard InChI is InChI=1S/C12H17NO2/c1-2-12(15)11(9-14)13-8-10-6-4-3-5-7-10/h2-7,11-15H,1,8-9H2. The van der Waals surface area contributed by atoms with Gasteiger partial charge in [-0.05, 0) is 5.56 Å². The number of aliphatic hydroxyl groups is 2. The fourth-order valence-corrected chi connectivity index (χ4v) is 1.30. The second-order valence-electron chi connectivity index (χ2n) is 3.38. The largest absolute Gasteiger partial charge is 0.395 e. The van der Waals surface area contributed by atoms with Crippen LogP contribution in [-0.2, 0) is 6.54 Å². The van der Waals surface area contributed by atoms with Gasteiger partial charge in [-0.25, -0.2) is 0 Å². The average Bonchev–Trinajstić information content (AvgIpc) is 2.31. The minimum atomic E-state index is -0.723. The molecule has 0 heterocycles. The zero-order chi connectivity index (χ0) is 11.1. The monoisotopic (exact) mass is 207 g/mol. The van der Waals surface area contributed by atoms with Crippen molar-refractivity contribution >= 4 is 0 Å². The summed E-state index contributed by atoms with van der Waals surface area (Å²) in [5.74, 6) is 0. The Balaban J connectivity index is 2.44. The summed E-state index contributed by atoms with van der Waals surface area (Å²) in [5, 5.41) is 21.6. The molecule has 0 amide bonds. The van der Waals surface area contributed by atoms with E-state index in [4.69, 9.17) is 5.11 Å². The van der Waals surface area contributed by atoms with Crippen LogP contribution < -0.4 is 5.32 Å². The lowest BCUT2D eigenvalue weighted by Crippen LogP contribution is -2.41. The number of benzene rings is 1. The Morgan fingerprint density at radius 3 is 2.53 bits per heavy atom. The van der Waals surface area contributed by atoms with Crippen molar-refractivity contribution in [1.82, 2.24) is 5.32 Å². The van der Waals surface area contributed by atoms with Crippen molar-refractivity contribution in [3.05, 3.63) is 48.6 Å². The van der Waals surface area contributed by atoms with E-state index in [-0.39, 0.29) is 12.6 Å². The van der Waals surface area contributed by atoms with Crippen molar-refractivity contribution in [2.75, 3.05) is 6.61 Å². The molecule has 0 aliphatic carbocycles. The highest BCUT2D eigenvalue weighted by atomic mass is 16.3. The van der Waals surface area contributed by atoms with Crippen molar-refractivity contribution in [3.63, 3.8) is 0 Å². The van der Waals surface area contributed by atoms with Crippen LogP contribution in [0.3, 0.4) is 0 Å². The molecule has 0 saturated carbocycles. The van der Waals surface area contributed by atoms with Crippen LogP contribution in [0.4, 0.5) is 0 Å². The lowest BCUT2D eigenvalue weighted by atomic mass is 10.1. The van der Waals surface area contributed by atoms with Crippen LogP contribution in [0.2, 0.25) is 0 Å². The van der Waals surface area contributed by atoms with E-state index < -0.39 is 6.10 Å². The first-order valence-electron chi connectivity index (χ1n) is 4.96. The van der Waals surface area contributed by atoms with E-state index in [1.165, 1.54) is 6.08 Å². The summed E-state index contributed by atoms with van der Waals surface area (Å²) in [6.45, 7) is 3.99. The van der Waals surface area contributed by atoms with Crippen LogP contribution in [0, 0.1) is 0 Å². The van der Waals surface area contributed by atoms with Crippen molar-refractivity contribution < 1.29 is 10.2 Å². The minimum absolute atomic E-state index is 0.111. The molecule has 1 aromatic rings. The molecule has 1 rings (SSSR count).